The standard InChI is InChI=1S/C14H30N/c1-7-9-11-13(3,4)15-14(5,6)12-10-8-2/h7-12H2,1-6H3. The lowest BCUT2D eigenvalue weighted by molar-refractivity contribution is 0.224. The zero-order chi connectivity index (χ0) is 11.9. The third-order valence-electron chi connectivity index (χ3n) is 2.89. The molecule has 1 radical (unpaired) electrons. The second-order valence-electron chi connectivity index (χ2n) is 5.94. The summed E-state index contributed by atoms with van der Waals surface area (Å²) in [5.74, 6) is 0. The van der Waals surface area contributed by atoms with E-state index in [1.807, 2.05) is 0 Å². The van der Waals surface area contributed by atoms with E-state index in [0.29, 0.717) is 0 Å². The first-order valence-electron chi connectivity index (χ1n) is 6.57. The van der Waals surface area contributed by atoms with E-state index in [2.05, 4.69) is 41.5 Å². The van der Waals surface area contributed by atoms with Crippen molar-refractivity contribution in [3.05, 3.63) is 0 Å². The zero-order valence-corrected chi connectivity index (χ0v) is 11.7. The molecule has 15 heavy (non-hydrogen) atoms. The van der Waals surface area contributed by atoms with E-state index in [1.54, 1.807) is 0 Å². The lowest BCUT2D eigenvalue weighted by Crippen LogP contribution is -2.45. The molecule has 0 saturated carbocycles. The van der Waals surface area contributed by atoms with Crippen LogP contribution in [0.4, 0.5) is 0 Å². The van der Waals surface area contributed by atoms with Crippen LogP contribution in [0, 0.1) is 0 Å². The third kappa shape index (κ3) is 7.84. The van der Waals surface area contributed by atoms with Crippen molar-refractivity contribution in [2.24, 2.45) is 0 Å². The molecule has 0 unspecified atom stereocenters. The highest BCUT2D eigenvalue weighted by Crippen LogP contribution is 2.23. The van der Waals surface area contributed by atoms with E-state index in [9.17, 15) is 0 Å². The molecule has 0 saturated heterocycles. The Balaban J connectivity index is 4.04. The van der Waals surface area contributed by atoms with Crippen LogP contribution in [0.5, 0.6) is 0 Å². The van der Waals surface area contributed by atoms with Gasteiger partial charge in [0, 0.05) is 11.1 Å². The molecule has 0 aliphatic rings. The maximum Gasteiger partial charge on any atom is 0.0306 e. The molecule has 1 nitrogen and oxygen atoms in total. The summed E-state index contributed by atoms with van der Waals surface area (Å²) >= 11 is 0. The normalized spacial score (nSPS) is 13.2. The number of hydrogen-bond donors (Lipinski definition) is 0. The van der Waals surface area contributed by atoms with E-state index in [-0.39, 0.29) is 11.1 Å². The first-order valence-corrected chi connectivity index (χ1v) is 6.57. The summed E-state index contributed by atoms with van der Waals surface area (Å²) in [6, 6.07) is 0. The number of hydrogen-bond acceptors (Lipinski definition) is 0. The van der Waals surface area contributed by atoms with Gasteiger partial charge in [-0.25, -0.2) is 5.32 Å². The van der Waals surface area contributed by atoms with Gasteiger partial charge in [0.2, 0.25) is 0 Å². The van der Waals surface area contributed by atoms with Crippen molar-refractivity contribution in [1.29, 1.82) is 0 Å². The monoisotopic (exact) mass is 212 g/mol. The summed E-state index contributed by atoms with van der Waals surface area (Å²) < 4.78 is 0. The minimum absolute atomic E-state index is 0.160. The average Bonchev–Trinajstić information content (AvgIpc) is 2.10. The highest BCUT2D eigenvalue weighted by molar-refractivity contribution is 4.87. The van der Waals surface area contributed by atoms with Gasteiger partial charge in [-0.15, -0.1) is 0 Å². The van der Waals surface area contributed by atoms with Crippen LogP contribution in [0.15, 0.2) is 0 Å². The fraction of sp³-hybridized carbons (Fsp3) is 1.00. The van der Waals surface area contributed by atoms with E-state index in [4.69, 9.17) is 5.32 Å². The third-order valence-corrected chi connectivity index (χ3v) is 2.89. The molecule has 0 aliphatic heterocycles. The molecular weight excluding hydrogens is 182 g/mol. The van der Waals surface area contributed by atoms with E-state index in [1.165, 1.54) is 38.5 Å². The van der Waals surface area contributed by atoms with Crippen molar-refractivity contribution >= 4 is 0 Å². The molecule has 0 aliphatic carbocycles. The quantitative estimate of drug-likeness (QED) is 0.561. The molecule has 0 spiro atoms. The van der Waals surface area contributed by atoms with Crippen LogP contribution in [-0.2, 0) is 0 Å². The molecule has 0 fully saturated rings. The van der Waals surface area contributed by atoms with Gasteiger partial charge in [0.05, 0.1) is 0 Å². The summed E-state index contributed by atoms with van der Waals surface area (Å²) in [5.41, 5.74) is 0.320. The van der Waals surface area contributed by atoms with Gasteiger partial charge in [-0.2, -0.15) is 0 Å². The minimum atomic E-state index is 0.160. The van der Waals surface area contributed by atoms with Gasteiger partial charge in [-0.1, -0.05) is 39.5 Å². The summed E-state index contributed by atoms with van der Waals surface area (Å²) in [6.07, 6.45) is 7.57. The second-order valence-corrected chi connectivity index (χ2v) is 5.94. The van der Waals surface area contributed by atoms with Crippen LogP contribution in [-0.4, -0.2) is 11.1 Å². The second kappa shape index (κ2) is 6.52. The van der Waals surface area contributed by atoms with Crippen molar-refractivity contribution in [3.63, 3.8) is 0 Å². The molecular formula is C14H30N. The molecule has 0 amide bonds. The highest BCUT2D eigenvalue weighted by atomic mass is 15.0. The smallest absolute Gasteiger partial charge is 0.0306 e. The Hall–Kier alpha value is -0.0400. The maximum atomic E-state index is 5.02. The molecule has 0 heterocycles. The molecule has 0 aromatic heterocycles. The van der Waals surface area contributed by atoms with Gasteiger partial charge in [0.15, 0.2) is 0 Å². The fourth-order valence-electron chi connectivity index (χ4n) is 2.15. The van der Waals surface area contributed by atoms with E-state index < -0.39 is 0 Å². The van der Waals surface area contributed by atoms with Gasteiger partial charge >= 0.3 is 0 Å². The number of nitrogens with zero attached hydrogens (tertiary/aromatic N) is 1. The lowest BCUT2D eigenvalue weighted by Gasteiger charge is -2.35. The van der Waals surface area contributed by atoms with Crippen LogP contribution < -0.4 is 5.32 Å². The Morgan fingerprint density at radius 3 is 1.33 bits per heavy atom. The SMILES string of the molecule is CCCCC(C)(C)[N]C(C)(C)CCCC. The predicted molar refractivity (Wildman–Crippen MR) is 69.3 cm³/mol. The first-order chi connectivity index (χ1) is 6.83. The van der Waals surface area contributed by atoms with E-state index >= 15 is 0 Å². The first kappa shape index (κ1) is 15.0. The van der Waals surface area contributed by atoms with Gasteiger partial charge in [-0.05, 0) is 40.5 Å². The molecule has 91 valence electrons. The largest absolute Gasteiger partial charge is 0.230 e. The molecule has 0 rings (SSSR count). The predicted octanol–water partition coefficient (Wildman–Crippen LogP) is 4.53. The lowest BCUT2D eigenvalue weighted by atomic mass is 9.89. The van der Waals surface area contributed by atoms with Gasteiger partial charge in [0.25, 0.3) is 0 Å². The van der Waals surface area contributed by atoms with Crippen molar-refractivity contribution in [1.82, 2.24) is 5.32 Å². The Kier molecular flexibility index (Phi) is 6.51. The summed E-state index contributed by atoms with van der Waals surface area (Å²) in [7, 11) is 0. The molecule has 0 aromatic carbocycles. The topological polar surface area (TPSA) is 14.1 Å². The molecule has 0 N–H and O–H groups in total. The maximum absolute atomic E-state index is 5.02. The summed E-state index contributed by atoms with van der Waals surface area (Å²) in [4.78, 5) is 0. The zero-order valence-electron chi connectivity index (χ0n) is 11.7. The van der Waals surface area contributed by atoms with Gasteiger partial charge in [0.1, 0.15) is 0 Å². The highest BCUT2D eigenvalue weighted by Gasteiger charge is 2.28. The number of rotatable bonds is 8. The summed E-state index contributed by atoms with van der Waals surface area (Å²) in [5, 5.41) is 5.02. The van der Waals surface area contributed by atoms with Crippen molar-refractivity contribution in [3.8, 4) is 0 Å². The minimum Gasteiger partial charge on any atom is -0.230 e. The molecule has 0 aromatic rings. The van der Waals surface area contributed by atoms with Gasteiger partial charge < -0.3 is 0 Å². The molecule has 1 heteroatoms. The van der Waals surface area contributed by atoms with Crippen molar-refractivity contribution in [2.75, 3.05) is 0 Å². The van der Waals surface area contributed by atoms with Crippen LogP contribution in [0.3, 0.4) is 0 Å². The van der Waals surface area contributed by atoms with Crippen LogP contribution in [0.2, 0.25) is 0 Å². The van der Waals surface area contributed by atoms with Crippen LogP contribution >= 0.6 is 0 Å². The fourth-order valence-corrected chi connectivity index (χ4v) is 2.15. The Labute approximate surface area is 97.0 Å². The van der Waals surface area contributed by atoms with Crippen molar-refractivity contribution in [2.45, 2.75) is 91.1 Å². The van der Waals surface area contributed by atoms with Crippen LogP contribution in [0.1, 0.15) is 80.1 Å². The molecule has 0 bridgehead atoms. The average molecular weight is 212 g/mol. The van der Waals surface area contributed by atoms with Crippen molar-refractivity contribution < 1.29 is 0 Å². The Morgan fingerprint density at radius 2 is 1.07 bits per heavy atom. The summed E-state index contributed by atoms with van der Waals surface area (Å²) in [6.45, 7) is 13.6. The Morgan fingerprint density at radius 1 is 0.733 bits per heavy atom. The number of unbranched alkanes of at least 4 members (excludes halogenated alkanes) is 2. The van der Waals surface area contributed by atoms with E-state index in [0.717, 1.165) is 0 Å². The van der Waals surface area contributed by atoms with Gasteiger partial charge in [-0.3, -0.25) is 0 Å². The molecule has 0 atom stereocenters. The van der Waals surface area contributed by atoms with Crippen LogP contribution in [0.25, 0.3) is 0 Å². The Bertz CT molecular complexity index is 141.